The summed E-state index contributed by atoms with van der Waals surface area (Å²) in [5, 5.41) is 4.30. The highest BCUT2D eigenvalue weighted by Crippen LogP contribution is 2.33. The Kier molecular flexibility index (Phi) is 5.40. The first kappa shape index (κ1) is 18.0. The Hall–Kier alpha value is -2.38. The van der Waals surface area contributed by atoms with Gasteiger partial charge in [0.05, 0.1) is 19.4 Å². The number of amides is 1. The Morgan fingerprint density at radius 2 is 2.11 bits per heavy atom. The molecule has 0 bridgehead atoms. The van der Waals surface area contributed by atoms with Crippen LogP contribution in [0.2, 0.25) is 0 Å². The number of benzene rings is 1. The number of rotatable bonds is 4. The molecule has 2 aliphatic rings. The number of ether oxygens (including phenoxy) is 2. The van der Waals surface area contributed by atoms with Crippen molar-refractivity contribution in [1.29, 1.82) is 0 Å². The lowest BCUT2D eigenvalue weighted by Gasteiger charge is -2.34. The van der Waals surface area contributed by atoms with E-state index in [2.05, 4.69) is 28.2 Å². The summed E-state index contributed by atoms with van der Waals surface area (Å²) in [6.45, 7) is 5.67. The Morgan fingerprint density at radius 3 is 2.89 bits per heavy atom. The maximum absolute atomic E-state index is 12.7. The molecule has 0 aliphatic carbocycles. The molecule has 2 aliphatic heterocycles. The molecule has 1 unspecified atom stereocenters. The molecule has 7 nitrogen and oxygen atoms in total. The third kappa shape index (κ3) is 4.14. The number of hydrogen-bond acceptors (Lipinski definition) is 5. The molecule has 1 fully saturated rings. The van der Waals surface area contributed by atoms with Crippen LogP contribution in [-0.2, 0) is 23.1 Å². The number of morpholine rings is 1. The van der Waals surface area contributed by atoms with E-state index < -0.39 is 0 Å². The largest absolute Gasteiger partial charge is 0.448 e. The lowest BCUT2D eigenvalue weighted by Crippen LogP contribution is -2.41. The molecule has 0 spiro atoms. The minimum Gasteiger partial charge on any atom is -0.448 e. The lowest BCUT2D eigenvalue weighted by atomic mass is 9.86. The van der Waals surface area contributed by atoms with Crippen LogP contribution in [-0.4, -0.2) is 71.7 Å². The first-order chi connectivity index (χ1) is 13.2. The molecule has 144 valence electrons. The Morgan fingerprint density at radius 1 is 1.30 bits per heavy atom. The normalized spacial score (nSPS) is 20.3. The van der Waals surface area contributed by atoms with E-state index in [9.17, 15) is 4.79 Å². The van der Waals surface area contributed by atoms with Crippen LogP contribution >= 0.6 is 0 Å². The summed E-state index contributed by atoms with van der Waals surface area (Å²) >= 11 is 0. The SMILES string of the molecule is Cn1cc(C2CN(C(=O)OCCN3CCOCC3)Cc3ccccc32)cn1. The Balaban J connectivity index is 1.41. The molecule has 2 aromatic rings. The van der Waals surface area contributed by atoms with Gasteiger partial charge in [-0.05, 0) is 16.7 Å². The molecule has 27 heavy (non-hydrogen) atoms. The van der Waals surface area contributed by atoms with Crippen molar-refractivity contribution in [3.05, 3.63) is 53.3 Å². The monoisotopic (exact) mass is 370 g/mol. The fraction of sp³-hybridized carbons (Fsp3) is 0.500. The summed E-state index contributed by atoms with van der Waals surface area (Å²) in [4.78, 5) is 16.7. The van der Waals surface area contributed by atoms with E-state index in [1.54, 1.807) is 9.58 Å². The van der Waals surface area contributed by atoms with Crippen LogP contribution in [0.1, 0.15) is 22.6 Å². The number of aryl methyl sites for hydroxylation is 1. The molecule has 7 heteroatoms. The first-order valence-corrected chi connectivity index (χ1v) is 9.49. The van der Waals surface area contributed by atoms with Gasteiger partial charge in [0.15, 0.2) is 0 Å². The van der Waals surface area contributed by atoms with Crippen LogP contribution in [0.15, 0.2) is 36.7 Å². The van der Waals surface area contributed by atoms with Crippen molar-refractivity contribution in [1.82, 2.24) is 19.6 Å². The first-order valence-electron chi connectivity index (χ1n) is 9.49. The third-order valence-corrected chi connectivity index (χ3v) is 5.32. The highest BCUT2D eigenvalue weighted by molar-refractivity contribution is 5.68. The molecule has 3 heterocycles. The second-order valence-corrected chi connectivity index (χ2v) is 7.15. The molecule has 0 saturated carbocycles. The van der Waals surface area contributed by atoms with E-state index in [-0.39, 0.29) is 12.0 Å². The van der Waals surface area contributed by atoms with Gasteiger partial charge >= 0.3 is 6.09 Å². The number of hydrogen-bond donors (Lipinski definition) is 0. The van der Waals surface area contributed by atoms with Crippen molar-refractivity contribution in [2.24, 2.45) is 7.05 Å². The Labute approximate surface area is 159 Å². The molecular weight excluding hydrogens is 344 g/mol. The van der Waals surface area contributed by atoms with Crippen LogP contribution in [0.3, 0.4) is 0 Å². The zero-order valence-corrected chi connectivity index (χ0v) is 15.7. The van der Waals surface area contributed by atoms with E-state index in [0.29, 0.717) is 19.7 Å². The predicted molar refractivity (Wildman–Crippen MR) is 101 cm³/mol. The van der Waals surface area contributed by atoms with Gasteiger partial charge in [0.2, 0.25) is 0 Å². The van der Waals surface area contributed by atoms with Crippen LogP contribution in [0.4, 0.5) is 4.79 Å². The predicted octanol–water partition coefficient (Wildman–Crippen LogP) is 1.84. The highest BCUT2D eigenvalue weighted by Gasteiger charge is 2.30. The quantitative estimate of drug-likeness (QED) is 0.822. The molecular formula is C20H26N4O3. The minimum atomic E-state index is -0.244. The summed E-state index contributed by atoms with van der Waals surface area (Å²) in [6, 6.07) is 8.31. The van der Waals surface area contributed by atoms with E-state index >= 15 is 0 Å². The van der Waals surface area contributed by atoms with Crippen molar-refractivity contribution in [3.63, 3.8) is 0 Å². The van der Waals surface area contributed by atoms with Gasteiger partial charge in [0, 0.05) is 51.9 Å². The summed E-state index contributed by atoms with van der Waals surface area (Å²) in [6.07, 6.45) is 3.66. The van der Waals surface area contributed by atoms with Crippen molar-refractivity contribution in [2.75, 3.05) is 46.0 Å². The van der Waals surface area contributed by atoms with Crippen LogP contribution < -0.4 is 0 Å². The van der Waals surface area contributed by atoms with Crippen LogP contribution in [0.25, 0.3) is 0 Å². The summed E-state index contributed by atoms with van der Waals surface area (Å²) in [5.74, 6) is 0.121. The number of carbonyl (C=O) groups is 1. The van der Waals surface area contributed by atoms with Crippen LogP contribution in [0, 0.1) is 0 Å². The van der Waals surface area contributed by atoms with E-state index in [4.69, 9.17) is 9.47 Å². The molecule has 4 rings (SSSR count). The molecule has 0 N–H and O–H groups in total. The van der Waals surface area contributed by atoms with Gasteiger partial charge in [0.25, 0.3) is 0 Å². The maximum atomic E-state index is 12.7. The number of aromatic nitrogens is 2. The number of carbonyl (C=O) groups excluding carboxylic acids is 1. The van der Waals surface area contributed by atoms with E-state index in [1.165, 1.54) is 11.1 Å². The van der Waals surface area contributed by atoms with Gasteiger partial charge in [0.1, 0.15) is 6.61 Å². The topological polar surface area (TPSA) is 59.8 Å². The smallest absolute Gasteiger partial charge is 0.410 e. The molecule has 0 radical (unpaired) electrons. The minimum absolute atomic E-state index is 0.121. The lowest BCUT2D eigenvalue weighted by molar-refractivity contribution is 0.0241. The molecule has 1 aromatic heterocycles. The zero-order valence-electron chi connectivity index (χ0n) is 15.7. The van der Waals surface area contributed by atoms with E-state index in [0.717, 1.165) is 38.4 Å². The summed E-state index contributed by atoms with van der Waals surface area (Å²) < 4.78 is 12.7. The molecule has 1 aromatic carbocycles. The van der Waals surface area contributed by atoms with Gasteiger partial charge < -0.3 is 14.4 Å². The average Bonchev–Trinajstić information content (AvgIpc) is 3.14. The van der Waals surface area contributed by atoms with Crippen molar-refractivity contribution < 1.29 is 14.3 Å². The Bertz CT molecular complexity index is 785. The van der Waals surface area contributed by atoms with E-state index in [1.807, 2.05) is 25.5 Å². The second kappa shape index (κ2) is 8.10. The second-order valence-electron chi connectivity index (χ2n) is 7.15. The van der Waals surface area contributed by atoms with Gasteiger partial charge in [-0.25, -0.2) is 4.79 Å². The van der Waals surface area contributed by atoms with Gasteiger partial charge in [-0.3, -0.25) is 9.58 Å². The fourth-order valence-electron chi connectivity index (χ4n) is 3.83. The van der Waals surface area contributed by atoms with Crippen molar-refractivity contribution >= 4 is 6.09 Å². The summed E-state index contributed by atoms with van der Waals surface area (Å²) in [7, 11) is 1.91. The molecule has 1 saturated heterocycles. The average molecular weight is 370 g/mol. The fourth-order valence-corrected chi connectivity index (χ4v) is 3.83. The van der Waals surface area contributed by atoms with Gasteiger partial charge in [-0.2, -0.15) is 5.10 Å². The standard InChI is InChI=1S/C20H26N4O3/c1-22-13-17(12-21-22)19-15-24(14-16-4-2-3-5-18(16)19)20(25)27-11-8-23-6-9-26-10-7-23/h2-5,12-13,19H,6-11,14-15H2,1H3. The number of nitrogens with zero attached hydrogens (tertiary/aromatic N) is 4. The van der Waals surface area contributed by atoms with Gasteiger partial charge in [-0.15, -0.1) is 0 Å². The third-order valence-electron chi connectivity index (χ3n) is 5.32. The van der Waals surface area contributed by atoms with Crippen molar-refractivity contribution in [3.8, 4) is 0 Å². The zero-order chi connectivity index (χ0) is 18.6. The summed E-state index contributed by atoms with van der Waals surface area (Å²) in [5.41, 5.74) is 3.56. The number of fused-ring (bicyclic) bond motifs is 1. The molecule has 1 atom stereocenters. The van der Waals surface area contributed by atoms with Crippen molar-refractivity contribution in [2.45, 2.75) is 12.5 Å². The van der Waals surface area contributed by atoms with Gasteiger partial charge in [-0.1, -0.05) is 24.3 Å². The highest BCUT2D eigenvalue weighted by atomic mass is 16.6. The maximum Gasteiger partial charge on any atom is 0.410 e. The molecule has 1 amide bonds. The van der Waals surface area contributed by atoms with Crippen LogP contribution in [0.5, 0.6) is 0 Å².